The van der Waals surface area contributed by atoms with Crippen molar-refractivity contribution in [2.45, 2.75) is 0 Å². The summed E-state index contributed by atoms with van der Waals surface area (Å²) in [6.07, 6.45) is 0. The summed E-state index contributed by atoms with van der Waals surface area (Å²) >= 11 is 0. The normalized spacial score (nSPS) is 11.7. The molecule has 10 aromatic rings. The van der Waals surface area contributed by atoms with Crippen LogP contribution >= 0.6 is 0 Å². The number of nitrogens with zero attached hydrogens (tertiary/aromatic N) is 3. The minimum Gasteiger partial charge on any atom is -0.456 e. The van der Waals surface area contributed by atoms with E-state index in [4.69, 9.17) is 19.4 Å². The van der Waals surface area contributed by atoms with E-state index in [0.717, 1.165) is 76.7 Å². The Bertz CT molecular complexity index is 2890. The summed E-state index contributed by atoms with van der Waals surface area (Å²) in [5.41, 5.74) is 6.84. The van der Waals surface area contributed by atoms with E-state index in [-0.39, 0.29) is 0 Å². The van der Waals surface area contributed by atoms with Crippen molar-refractivity contribution in [3.05, 3.63) is 164 Å². The fraction of sp³-hybridized carbons (Fsp3) is 0. The monoisotopic (exact) mass is 625 g/mol. The summed E-state index contributed by atoms with van der Waals surface area (Å²) < 4.78 is 6.29. The molecule has 0 spiro atoms. The predicted molar refractivity (Wildman–Crippen MR) is 201 cm³/mol. The Morgan fingerprint density at radius 2 is 0.878 bits per heavy atom. The third-order valence-corrected chi connectivity index (χ3v) is 9.46. The average Bonchev–Trinajstić information content (AvgIpc) is 3.54. The smallest absolute Gasteiger partial charge is 0.164 e. The third-order valence-electron chi connectivity index (χ3n) is 9.46. The quantitative estimate of drug-likeness (QED) is 0.183. The van der Waals surface area contributed by atoms with Crippen LogP contribution in [0.15, 0.2) is 168 Å². The minimum absolute atomic E-state index is 0.627. The van der Waals surface area contributed by atoms with Crippen LogP contribution in [0.2, 0.25) is 0 Å². The number of para-hydroxylation sites is 1. The van der Waals surface area contributed by atoms with Gasteiger partial charge in [-0.25, -0.2) is 15.0 Å². The van der Waals surface area contributed by atoms with E-state index in [1.54, 1.807) is 0 Å². The van der Waals surface area contributed by atoms with Crippen LogP contribution in [0.5, 0.6) is 0 Å². The highest BCUT2D eigenvalue weighted by molar-refractivity contribution is 6.16. The number of furan rings is 1. The number of fused-ring (bicyclic) bond motifs is 7. The molecule has 2 aromatic heterocycles. The number of hydrogen-bond donors (Lipinski definition) is 0. The van der Waals surface area contributed by atoms with Gasteiger partial charge >= 0.3 is 0 Å². The van der Waals surface area contributed by atoms with Crippen molar-refractivity contribution in [2.75, 3.05) is 0 Å². The second kappa shape index (κ2) is 11.0. The second-order valence-electron chi connectivity index (χ2n) is 12.5. The molecular weight excluding hydrogens is 599 g/mol. The van der Waals surface area contributed by atoms with Crippen LogP contribution in [-0.2, 0) is 0 Å². The van der Waals surface area contributed by atoms with Gasteiger partial charge in [-0.05, 0) is 79.8 Å². The Labute approximate surface area is 282 Å². The van der Waals surface area contributed by atoms with Crippen LogP contribution in [0.25, 0.3) is 99.5 Å². The van der Waals surface area contributed by atoms with E-state index in [1.165, 1.54) is 5.39 Å². The Morgan fingerprint density at radius 1 is 0.286 bits per heavy atom. The molecular formula is C45H27N3O. The van der Waals surface area contributed by atoms with Gasteiger partial charge in [0.05, 0.1) is 0 Å². The van der Waals surface area contributed by atoms with E-state index >= 15 is 0 Å². The molecule has 0 saturated heterocycles. The molecule has 0 bridgehead atoms. The molecule has 8 aromatic carbocycles. The first-order chi connectivity index (χ1) is 24.2. The standard InChI is InChI=1S/C45H27N3O/c1-2-9-28(10-3-1)32-13-8-14-34(23-32)43-46-44(35-21-17-29-11-4-5-12-31(29)24-35)48-45(47-43)36-22-19-30-18-20-33-25-40-37-15-6-7-16-41(37)49-42(40)27-39(33)38(30)26-36/h1-27H. The zero-order valence-electron chi connectivity index (χ0n) is 26.3. The molecule has 0 N–H and O–H groups in total. The largest absolute Gasteiger partial charge is 0.456 e. The van der Waals surface area contributed by atoms with E-state index in [0.29, 0.717) is 17.5 Å². The van der Waals surface area contributed by atoms with E-state index < -0.39 is 0 Å². The highest BCUT2D eigenvalue weighted by atomic mass is 16.3. The van der Waals surface area contributed by atoms with Gasteiger partial charge in [-0.2, -0.15) is 0 Å². The molecule has 0 atom stereocenters. The molecule has 0 saturated carbocycles. The summed E-state index contributed by atoms with van der Waals surface area (Å²) in [6.45, 7) is 0. The van der Waals surface area contributed by atoms with Crippen LogP contribution in [0.1, 0.15) is 0 Å². The molecule has 0 fully saturated rings. The lowest BCUT2D eigenvalue weighted by Gasteiger charge is -2.11. The van der Waals surface area contributed by atoms with Crippen molar-refractivity contribution in [3.63, 3.8) is 0 Å². The van der Waals surface area contributed by atoms with Crippen molar-refractivity contribution >= 4 is 54.3 Å². The minimum atomic E-state index is 0.627. The van der Waals surface area contributed by atoms with E-state index in [2.05, 4.69) is 146 Å². The molecule has 228 valence electrons. The lowest BCUT2D eigenvalue weighted by atomic mass is 9.98. The molecule has 2 heterocycles. The van der Waals surface area contributed by atoms with Gasteiger partial charge in [0.2, 0.25) is 0 Å². The van der Waals surface area contributed by atoms with Gasteiger partial charge in [0.1, 0.15) is 11.2 Å². The average molecular weight is 626 g/mol. The molecule has 0 unspecified atom stereocenters. The van der Waals surface area contributed by atoms with Crippen LogP contribution < -0.4 is 0 Å². The van der Waals surface area contributed by atoms with Crippen molar-refractivity contribution < 1.29 is 4.42 Å². The Morgan fingerprint density at radius 3 is 1.71 bits per heavy atom. The summed E-state index contributed by atoms with van der Waals surface area (Å²) in [6, 6.07) is 57.0. The van der Waals surface area contributed by atoms with Crippen molar-refractivity contribution in [1.82, 2.24) is 15.0 Å². The maximum Gasteiger partial charge on any atom is 0.164 e. The topological polar surface area (TPSA) is 51.8 Å². The van der Waals surface area contributed by atoms with Gasteiger partial charge in [-0.3, -0.25) is 0 Å². The lowest BCUT2D eigenvalue weighted by molar-refractivity contribution is 0.669. The molecule has 0 radical (unpaired) electrons. The van der Waals surface area contributed by atoms with Crippen LogP contribution in [0.3, 0.4) is 0 Å². The van der Waals surface area contributed by atoms with Crippen LogP contribution in [0, 0.1) is 0 Å². The second-order valence-corrected chi connectivity index (χ2v) is 12.5. The SMILES string of the molecule is c1ccc(-c2cccc(-c3nc(-c4ccc5ccccc5c4)nc(-c4ccc5ccc6cc7c(cc6c5c4)oc4ccccc47)n3)c2)cc1. The molecule has 4 nitrogen and oxygen atoms in total. The van der Waals surface area contributed by atoms with E-state index in [9.17, 15) is 0 Å². The van der Waals surface area contributed by atoms with Gasteiger partial charge in [-0.15, -0.1) is 0 Å². The van der Waals surface area contributed by atoms with Gasteiger partial charge in [-0.1, -0.05) is 127 Å². The number of benzene rings is 8. The van der Waals surface area contributed by atoms with Crippen molar-refractivity contribution in [3.8, 4) is 45.3 Å². The number of hydrogen-bond acceptors (Lipinski definition) is 4. The summed E-state index contributed by atoms with van der Waals surface area (Å²) in [7, 11) is 0. The fourth-order valence-electron chi connectivity index (χ4n) is 6.97. The summed E-state index contributed by atoms with van der Waals surface area (Å²) in [5, 5.41) is 9.13. The summed E-state index contributed by atoms with van der Waals surface area (Å²) in [4.78, 5) is 15.3. The first kappa shape index (κ1) is 27.5. The highest BCUT2D eigenvalue weighted by Crippen LogP contribution is 2.37. The fourth-order valence-corrected chi connectivity index (χ4v) is 6.97. The highest BCUT2D eigenvalue weighted by Gasteiger charge is 2.15. The van der Waals surface area contributed by atoms with Gasteiger partial charge in [0, 0.05) is 27.5 Å². The Hall–Kier alpha value is -6.65. The van der Waals surface area contributed by atoms with Gasteiger partial charge in [0.15, 0.2) is 17.5 Å². The van der Waals surface area contributed by atoms with Crippen LogP contribution in [0.4, 0.5) is 0 Å². The van der Waals surface area contributed by atoms with Gasteiger partial charge in [0.25, 0.3) is 0 Å². The molecule has 49 heavy (non-hydrogen) atoms. The summed E-state index contributed by atoms with van der Waals surface area (Å²) in [5.74, 6) is 1.90. The molecule has 10 rings (SSSR count). The zero-order valence-corrected chi connectivity index (χ0v) is 26.3. The third kappa shape index (κ3) is 4.73. The van der Waals surface area contributed by atoms with Gasteiger partial charge < -0.3 is 4.42 Å². The molecule has 0 aliphatic rings. The zero-order chi connectivity index (χ0) is 32.3. The first-order valence-electron chi connectivity index (χ1n) is 16.4. The molecule has 4 heteroatoms. The first-order valence-corrected chi connectivity index (χ1v) is 16.4. The Kier molecular flexibility index (Phi) is 6.15. The van der Waals surface area contributed by atoms with Crippen molar-refractivity contribution in [1.29, 1.82) is 0 Å². The van der Waals surface area contributed by atoms with Crippen molar-refractivity contribution in [2.24, 2.45) is 0 Å². The maximum atomic E-state index is 6.29. The molecule has 0 amide bonds. The maximum absolute atomic E-state index is 6.29. The van der Waals surface area contributed by atoms with Crippen LogP contribution in [-0.4, -0.2) is 15.0 Å². The predicted octanol–water partition coefficient (Wildman–Crippen LogP) is 11.9. The molecule has 0 aliphatic heterocycles. The lowest BCUT2D eigenvalue weighted by Crippen LogP contribution is -2.00. The Balaban J connectivity index is 1.18. The van der Waals surface area contributed by atoms with E-state index in [1.807, 2.05) is 18.2 Å². The molecule has 0 aliphatic carbocycles. The number of aromatic nitrogens is 3. The number of rotatable bonds is 4.